The molecule has 1 nitrogen and oxygen atoms in total. The molecule has 0 bridgehead atoms. The Hall–Kier alpha value is -0.330. The van der Waals surface area contributed by atoms with Gasteiger partial charge < -0.3 is 0 Å². The summed E-state index contributed by atoms with van der Waals surface area (Å²) in [5.74, 6) is 1.58. The van der Waals surface area contributed by atoms with E-state index >= 15 is 0 Å². The van der Waals surface area contributed by atoms with Crippen LogP contribution in [0, 0.1) is 11.8 Å². The number of carbonyl (C=O) groups is 1. The minimum absolute atomic E-state index is 0.331. The van der Waals surface area contributed by atoms with Gasteiger partial charge in [-0.3, -0.25) is 4.79 Å². The highest BCUT2D eigenvalue weighted by molar-refractivity contribution is 5.80. The van der Waals surface area contributed by atoms with Gasteiger partial charge in [-0.15, -0.1) is 0 Å². The lowest BCUT2D eigenvalue weighted by atomic mass is 9.78. The van der Waals surface area contributed by atoms with E-state index in [1.807, 2.05) is 0 Å². The molecule has 0 aromatic heterocycles. The predicted octanol–water partition coefficient (Wildman–Crippen LogP) is 7.86. The van der Waals surface area contributed by atoms with Crippen molar-refractivity contribution < 1.29 is 4.79 Å². The monoisotopic (exact) mass is 336 g/mol. The molecule has 0 aliphatic heterocycles. The molecule has 0 spiro atoms. The molecular weight excluding hydrogens is 292 g/mol. The van der Waals surface area contributed by atoms with Gasteiger partial charge in [0.05, 0.1) is 0 Å². The molecule has 1 saturated carbocycles. The Kier molecular flexibility index (Phi) is 13.5. The van der Waals surface area contributed by atoms with E-state index in [4.69, 9.17) is 0 Å². The molecule has 1 atom stereocenters. The van der Waals surface area contributed by atoms with Crippen LogP contribution in [0.15, 0.2) is 0 Å². The molecule has 1 aliphatic carbocycles. The molecule has 1 unspecified atom stereocenters. The maximum Gasteiger partial charge on any atom is 0.135 e. The molecule has 0 aromatic rings. The van der Waals surface area contributed by atoms with Crippen LogP contribution >= 0.6 is 0 Å². The van der Waals surface area contributed by atoms with Gasteiger partial charge in [-0.1, -0.05) is 104 Å². The fraction of sp³-hybridized carbons (Fsp3) is 0.957. The Labute approximate surface area is 152 Å². The summed E-state index contributed by atoms with van der Waals surface area (Å²) < 4.78 is 0. The van der Waals surface area contributed by atoms with E-state index in [1.54, 1.807) is 0 Å². The first-order chi connectivity index (χ1) is 11.8. The van der Waals surface area contributed by atoms with Crippen molar-refractivity contribution in [3.63, 3.8) is 0 Å². The minimum Gasteiger partial charge on any atom is -0.299 e. The standard InChI is InChI=1S/C23H44O/c1-3-4-5-6-7-8-9-10-11-12-13-17-20-23(24)21(2)22-18-15-14-16-19-22/h21-22H,3-20H2,1-2H3. The number of carbonyl (C=O) groups excluding carboxylic acids is 1. The molecule has 1 aliphatic rings. The van der Waals surface area contributed by atoms with Crippen LogP contribution in [0.3, 0.4) is 0 Å². The van der Waals surface area contributed by atoms with Gasteiger partial charge in [0.25, 0.3) is 0 Å². The molecule has 0 radical (unpaired) electrons. The number of ketones is 1. The highest BCUT2D eigenvalue weighted by Gasteiger charge is 2.24. The van der Waals surface area contributed by atoms with Crippen LogP contribution in [0.1, 0.15) is 129 Å². The number of rotatable bonds is 15. The van der Waals surface area contributed by atoms with E-state index in [1.165, 1.54) is 103 Å². The average molecular weight is 337 g/mol. The number of hydrogen-bond donors (Lipinski definition) is 0. The van der Waals surface area contributed by atoms with Crippen LogP contribution in [-0.2, 0) is 4.79 Å². The van der Waals surface area contributed by atoms with Crippen molar-refractivity contribution in [3.05, 3.63) is 0 Å². The molecule has 0 heterocycles. The Morgan fingerprint density at radius 3 is 1.71 bits per heavy atom. The molecule has 1 rings (SSSR count). The van der Waals surface area contributed by atoms with Crippen LogP contribution in [-0.4, -0.2) is 5.78 Å². The first-order valence-electron chi connectivity index (χ1n) is 11.3. The van der Waals surface area contributed by atoms with Crippen LogP contribution in [0.25, 0.3) is 0 Å². The van der Waals surface area contributed by atoms with Gasteiger partial charge >= 0.3 is 0 Å². The summed E-state index contributed by atoms with van der Waals surface area (Å²) in [5, 5.41) is 0. The van der Waals surface area contributed by atoms with Crippen LogP contribution in [0.5, 0.6) is 0 Å². The number of Topliss-reactive ketones (excluding diaryl/α,β-unsaturated/α-hetero) is 1. The second-order valence-corrected chi connectivity index (χ2v) is 8.29. The fourth-order valence-corrected chi connectivity index (χ4v) is 4.26. The van der Waals surface area contributed by atoms with Crippen molar-refractivity contribution in [2.45, 2.75) is 129 Å². The summed E-state index contributed by atoms with van der Waals surface area (Å²) in [6.07, 6.45) is 24.0. The van der Waals surface area contributed by atoms with Crippen molar-refractivity contribution in [1.29, 1.82) is 0 Å². The molecule has 0 amide bonds. The molecule has 0 N–H and O–H groups in total. The van der Waals surface area contributed by atoms with Crippen molar-refractivity contribution in [2.75, 3.05) is 0 Å². The average Bonchev–Trinajstić information content (AvgIpc) is 2.62. The van der Waals surface area contributed by atoms with E-state index in [0.29, 0.717) is 17.6 Å². The lowest BCUT2D eigenvalue weighted by Crippen LogP contribution is -2.23. The third-order valence-corrected chi connectivity index (χ3v) is 6.14. The summed E-state index contributed by atoms with van der Waals surface area (Å²) in [6.45, 7) is 4.48. The fourth-order valence-electron chi connectivity index (χ4n) is 4.26. The molecule has 0 aromatic carbocycles. The zero-order valence-corrected chi connectivity index (χ0v) is 16.8. The second-order valence-electron chi connectivity index (χ2n) is 8.29. The van der Waals surface area contributed by atoms with Gasteiger partial charge in [-0.25, -0.2) is 0 Å². The van der Waals surface area contributed by atoms with Crippen LogP contribution in [0.4, 0.5) is 0 Å². The lowest BCUT2D eigenvalue weighted by molar-refractivity contribution is -0.124. The maximum atomic E-state index is 12.3. The highest BCUT2D eigenvalue weighted by Crippen LogP contribution is 2.31. The van der Waals surface area contributed by atoms with E-state index in [2.05, 4.69) is 13.8 Å². The van der Waals surface area contributed by atoms with Gasteiger partial charge in [-0.2, -0.15) is 0 Å². The summed E-state index contributed by atoms with van der Waals surface area (Å²) >= 11 is 0. The molecule has 142 valence electrons. The predicted molar refractivity (Wildman–Crippen MR) is 106 cm³/mol. The van der Waals surface area contributed by atoms with Gasteiger partial charge in [0.2, 0.25) is 0 Å². The van der Waals surface area contributed by atoms with Crippen LogP contribution < -0.4 is 0 Å². The van der Waals surface area contributed by atoms with Crippen molar-refractivity contribution >= 4 is 5.78 Å². The first-order valence-corrected chi connectivity index (χ1v) is 11.3. The zero-order valence-electron chi connectivity index (χ0n) is 16.8. The van der Waals surface area contributed by atoms with E-state index < -0.39 is 0 Å². The van der Waals surface area contributed by atoms with E-state index in [-0.39, 0.29) is 0 Å². The molecule has 24 heavy (non-hydrogen) atoms. The SMILES string of the molecule is CCCCCCCCCCCCCCC(=O)C(C)C1CCCCC1. The number of hydrogen-bond acceptors (Lipinski definition) is 1. The minimum atomic E-state index is 0.331. The normalized spacial score (nSPS) is 17.1. The maximum absolute atomic E-state index is 12.3. The molecule has 0 saturated heterocycles. The van der Waals surface area contributed by atoms with Crippen LogP contribution in [0.2, 0.25) is 0 Å². The Morgan fingerprint density at radius 1 is 0.750 bits per heavy atom. The lowest BCUT2D eigenvalue weighted by Gasteiger charge is -2.26. The van der Waals surface area contributed by atoms with Crippen molar-refractivity contribution in [2.24, 2.45) is 11.8 Å². The quantitative estimate of drug-likeness (QED) is 0.278. The van der Waals surface area contributed by atoms with Gasteiger partial charge in [0.15, 0.2) is 0 Å². The largest absolute Gasteiger partial charge is 0.299 e. The van der Waals surface area contributed by atoms with Gasteiger partial charge in [-0.05, 0) is 25.2 Å². The van der Waals surface area contributed by atoms with Crippen molar-refractivity contribution in [1.82, 2.24) is 0 Å². The Morgan fingerprint density at radius 2 is 1.21 bits per heavy atom. The molecule has 1 heteroatoms. The summed E-state index contributed by atoms with van der Waals surface area (Å²) in [5.41, 5.74) is 0. The molecule has 1 fully saturated rings. The highest BCUT2D eigenvalue weighted by atomic mass is 16.1. The van der Waals surface area contributed by atoms with E-state index in [9.17, 15) is 4.79 Å². The Bertz CT molecular complexity index is 290. The zero-order chi connectivity index (χ0) is 17.5. The summed E-state index contributed by atoms with van der Waals surface area (Å²) in [6, 6.07) is 0. The second kappa shape index (κ2) is 15.0. The van der Waals surface area contributed by atoms with Gasteiger partial charge in [0, 0.05) is 12.3 Å². The number of unbranched alkanes of at least 4 members (excludes halogenated alkanes) is 11. The first kappa shape index (κ1) is 21.7. The third kappa shape index (κ3) is 10.5. The van der Waals surface area contributed by atoms with E-state index in [0.717, 1.165) is 12.8 Å². The summed E-state index contributed by atoms with van der Waals surface area (Å²) in [4.78, 5) is 12.3. The molecular formula is C23H44O. The third-order valence-electron chi connectivity index (χ3n) is 6.14. The Balaban J connectivity index is 1.86. The summed E-state index contributed by atoms with van der Waals surface area (Å²) in [7, 11) is 0. The van der Waals surface area contributed by atoms with Gasteiger partial charge in [0.1, 0.15) is 5.78 Å². The smallest absolute Gasteiger partial charge is 0.135 e. The van der Waals surface area contributed by atoms with Crippen molar-refractivity contribution in [3.8, 4) is 0 Å². The topological polar surface area (TPSA) is 17.1 Å².